The average Bonchev–Trinajstić information content (AvgIpc) is 2.33. The molecule has 0 spiro atoms. The number of nitrogens with zero attached hydrogens (tertiary/aromatic N) is 2. The van der Waals surface area contributed by atoms with Gasteiger partial charge >= 0.3 is 0 Å². The van der Waals surface area contributed by atoms with Crippen LogP contribution in [-0.2, 0) is 13.5 Å². The maximum absolute atomic E-state index is 10.3. The molecule has 1 N–H and O–H groups in total. The Morgan fingerprint density at radius 3 is 2.29 bits per heavy atom. The SMILES string of the molecule is Cn1ccnc1CC(C)(O)C(C)(C)C. The topological polar surface area (TPSA) is 38.0 Å². The molecule has 0 fully saturated rings. The van der Waals surface area contributed by atoms with Crippen LogP contribution in [0.5, 0.6) is 0 Å². The van der Waals surface area contributed by atoms with Crippen molar-refractivity contribution >= 4 is 0 Å². The maximum Gasteiger partial charge on any atom is 0.111 e. The quantitative estimate of drug-likeness (QED) is 0.782. The molecule has 0 aromatic carbocycles. The molecule has 0 saturated heterocycles. The van der Waals surface area contributed by atoms with Gasteiger partial charge in [0.15, 0.2) is 0 Å². The first-order chi connectivity index (χ1) is 6.24. The van der Waals surface area contributed by atoms with E-state index in [0.29, 0.717) is 6.42 Å². The Balaban J connectivity index is 2.84. The Morgan fingerprint density at radius 2 is 1.93 bits per heavy atom. The van der Waals surface area contributed by atoms with Crippen molar-refractivity contribution < 1.29 is 5.11 Å². The van der Waals surface area contributed by atoms with Crippen LogP contribution in [0.1, 0.15) is 33.5 Å². The summed E-state index contributed by atoms with van der Waals surface area (Å²) in [7, 11) is 1.95. The fourth-order valence-electron chi connectivity index (χ4n) is 1.14. The zero-order valence-corrected chi connectivity index (χ0v) is 9.70. The standard InChI is InChI=1S/C11H20N2O/c1-10(2,3)11(4,14)8-9-12-6-7-13(9)5/h6-7,14H,8H2,1-5H3. The Kier molecular flexibility index (Phi) is 2.72. The molecule has 0 aliphatic heterocycles. The number of hydrogen-bond donors (Lipinski definition) is 1. The lowest BCUT2D eigenvalue weighted by molar-refractivity contribution is -0.0424. The van der Waals surface area contributed by atoms with Crippen molar-refractivity contribution in [1.29, 1.82) is 0 Å². The Bertz CT molecular complexity index is 307. The minimum atomic E-state index is -0.730. The van der Waals surface area contributed by atoms with Crippen LogP contribution in [0.25, 0.3) is 0 Å². The van der Waals surface area contributed by atoms with Crippen molar-refractivity contribution in [2.45, 2.75) is 39.7 Å². The molecule has 3 heteroatoms. The van der Waals surface area contributed by atoms with Crippen LogP contribution in [0.3, 0.4) is 0 Å². The monoisotopic (exact) mass is 196 g/mol. The van der Waals surface area contributed by atoms with Crippen molar-refractivity contribution in [3.63, 3.8) is 0 Å². The van der Waals surface area contributed by atoms with Gasteiger partial charge in [-0.2, -0.15) is 0 Å². The van der Waals surface area contributed by atoms with Gasteiger partial charge < -0.3 is 9.67 Å². The summed E-state index contributed by atoms with van der Waals surface area (Å²) in [5.41, 5.74) is -0.870. The number of aryl methyl sites for hydroxylation is 1. The van der Waals surface area contributed by atoms with Gasteiger partial charge in [-0.1, -0.05) is 20.8 Å². The molecule has 1 atom stereocenters. The molecule has 80 valence electrons. The van der Waals surface area contributed by atoms with Crippen LogP contribution in [0.4, 0.5) is 0 Å². The van der Waals surface area contributed by atoms with Gasteiger partial charge in [-0.15, -0.1) is 0 Å². The fraction of sp³-hybridized carbons (Fsp3) is 0.727. The molecule has 1 rings (SSSR count). The van der Waals surface area contributed by atoms with Crippen LogP contribution < -0.4 is 0 Å². The van der Waals surface area contributed by atoms with Crippen LogP contribution in [0.15, 0.2) is 12.4 Å². The average molecular weight is 196 g/mol. The molecule has 1 heterocycles. The van der Waals surface area contributed by atoms with Gasteiger partial charge in [0.2, 0.25) is 0 Å². The Hall–Kier alpha value is -0.830. The normalized spacial score (nSPS) is 16.7. The van der Waals surface area contributed by atoms with Gasteiger partial charge in [0.25, 0.3) is 0 Å². The van der Waals surface area contributed by atoms with Gasteiger partial charge in [-0.25, -0.2) is 4.98 Å². The molecule has 0 aliphatic rings. The first-order valence-corrected chi connectivity index (χ1v) is 4.92. The fourth-order valence-corrected chi connectivity index (χ4v) is 1.14. The summed E-state index contributed by atoms with van der Waals surface area (Å²) in [6.45, 7) is 7.98. The van der Waals surface area contributed by atoms with E-state index in [1.807, 2.05) is 45.5 Å². The molecule has 0 amide bonds. The summed E-state index contributed by atoms with van der Waals surface area (Å²) in [6, 6.07) is 0. The zero-order chi connectivity index (χ0) is 11.0. The van der Waals surface area contributed by atoms with Crippen molar-refractivity contribution in [3.8, 4) is 0 Å². The van der Waals surface area contributed by atoms with E-state index in [-0.39, 0.29) is 5.41 Å². The molecule has 1 aromatic rings. The van der Waals surface area contributed by atoms with E-state index in [1.54, 1.807) is 6.20 Å². The summed E-state index contributed by atoms with van der Waals surface area (Å²) in [6.07, 6.45) is 4.24. The number of rotatable bonds is 2. The lowest BCUT2D eigenvalue weighted by Crippen LogP contribution is -2.42. The van der Waals surface area contributed by atoms with Crippen molar-refractivity contribution in [1.82, 2.24) is 9.55 Å². The molecule has 0 bridgehead atoms. The van der Waals surface area contributed by atoms with Gasteiger partial charge in [0.05, 0.1) is 5.60 Å². The van der Waals surface area contributed by atoms with E-state index in [0.717, 1.165) is 5.82 Å². The molecule has 1 aromatic heterocycles. The third-order valence-electron chi connectivity index (χ3n) is 3.04. The van der Waals surface area contributed by atoms with E-state index < -0.39 is 5.60 Å². The van der Waals surface area contributed by atoms with Crippen LogP contribution in [0, 0.1) is 5.41 Å². The number of hydrogen-bond acceptors (Lipinski definition) is 2. The lowest BCUT2D eigenvalue weighted by atomic mass is 9.75. The van der Waals surface area contributed by atoms with Gasteiger partial charge in [-0.05, 0) is 12.3 Å². The summed E-state index contributed by atoms with van der Waals surface area (Å²) in [5, 5.41) is 10.3. The van der Waals surface area contributed by atoms with E-state index in [4.69, 9.17) is 0 Å². The minimum absolute atomic E-state index is 0.140. The van der Waals surface area contributed by atoms with E-state index in [2.05, 4.69) is 4.98 Å². The molecular formula is C11H20N2O. The third-order valence-corrected chi connectivity index (χ3v) is 3.04. The smallest absolute Gasteiger partial charge is 0.111 e. The highest BCUT2D eigenvalue weighted by atomic mass is 16.3. The molecule has 14 heavy (non-hydrogen) atoms. The van der Waals surface area contributed by atoms with E-state index in [9.17, 15) is 5.11 Å². The molecule has 3 nitrogen and oxygen atoms in total. The molecule has 0 saturated carbocycles. The largest absolute Gasteiger partial charge is 0.389 e. The van der Waals surface area contributed by atoms with E-state index >= 15 is 0 Å². The molecule has 0 radical (unpaired) electrons. The first kappa shape index (κ1) is 11.2. The number of imidazole rings is 1. The summed E-state index contributed by atoms with van der Waals surface area (Å²) >= 11 is 0. The lowest BCUT2D eigenvalue weighted by Gasteiger charge is -2.36. The number of aromatic nitrogens is 2. The van der Waals surface area contributed by atoms with Gasteiger partial charge in [-0.3, -0.25) is 0 Å². The predicted octanol–water partition coefficient (Wildman–Crippen LogP) is 1.76. The minimum Gasteiger partial charge on any atom is -0.389 e. The zero-order valence-electron chi connectivity index (χ0n) is 9.70. The predicted molar refractivity (Wildman–Crippen MR) is 57.0 cm³/mol. The van der Waals surface area contributed by atoms with Crippen molar-refractivity contribution in [2.75, 3.05) is 0 Å². The van der Waals surface area contributed by atoms with Crippen LogP contribution in [-0.4, -0.2) is 20.3 Å². The Morgan fingerprint density at radius 1 is 1.36 bits per heavy atom. The highest BCUT2D eigenvalue weighted by molar-refractivity contribution is 5.00. The maximum atomic E-state index is 10.3. The number of aliphatic hydroxyl groups is 1. The molecule has 1 unspecified atom stereocenters. The van der Waals surface area contributed by atoms with Crippen LogP contribution >= 0.6 is 0 Å². The first-order valence-electron chi connectivity index (χ1n) is 4.92. The summed E-state index contributed by atoms with van der Waals surface area (Å²) in [4.78, 5) is 4.22. The van der Waals surface area contributed by atoms with E-state index in [1.165, 1.54) is 0 Å². The Labute approximate surface area is 85.8 Å². The second-order valence-corrected chi connectivity index (χ2v) is 5.16. The summed E-state index contributed by atoms with van der Waals surface area (Å²) in [5.74, 6) is 0.921. The van der Waals surface area contributed by atoms with Crippen LogP contribution in [0.2, 0.25) is 0 Å². The highest BCUT2D eigenvalue weighted by Gasteiger charge is 2.36. The molecular weight excluding hydrogens is 176 g/mol. The second kappa shape index (κ2) is 3.39. The highest BCUT2D eigenvalue weighted by Crippen LogP contribution is 2.32. The van der Waals surface area contributed by atoms with Crippen molar-refractivity contribution in [2.24, 2.45) is 12.5 Å². The van der Waals surface area contributed by atoms with Gasteiger partial charge in [0.1, 0.15) is 5.82 Å². The molecule has 0 aliphatic carbocycles. The second-order valence-electron chi connectivity index (χ2n) is 5.16. The van der Waals surface area contributed by atoms with Crippen molar-refractivity contribution in [3.05, 3.63) is 18.2 Å². The third kappa shape index (κ3) is 2.15. The summed E-state index contributed by atoms with van der Waals surface area (Å²) < 4.78 is 1.94. The van der Waals surface area contributed by atoms with Gasteiger partial charge in [0, 0.05) is 25.9 Å².